The molecule has 1 aromatic heterocycles. The summed E-state index contributed by atoms with van der Waals surface area (Å²) in [5, 5.41) is 0. The van der Waals surface area contributed by atoms with E-state index in [1.807, 2.05) is 48.4 Å². The molecule has 2 aromatic rings. The normalized spacial score (nSPS) is 11.4. The van der Waals surface area contributed by atoms with E-state index in [4.69, 9.17) is 4.43 Å². The van der Waals surface area contributed by atoms with E-state index in [0.29, 0.717) is 0 Å². The van der Waals surface area contributed by atoms with Crippen molar-refractivity contribution in [1.82, 2.24) is 9.55 Å². The van der Waals surface area contributed by atoms with Crippen LogP contribution in [0.2, 0.25) is 13.1 Å². The Labute approximate surface area is 121 Å². The maximum Gasteiger partial charge on any atom is 0.274 e. The van der Waals surface area contributed by atoms with Crippen molar-refractivity contribution in [1.29, 1.82) is 0 Å². The van der Waals surface area contributed by atoms with Crippen LogP contribution < -0.4 is 4.43 Å². The summed E-state index contributed by atoms with van der Waals surface area (Å²) >= 11 is 0. The summed E-state index contributed by atoms with van der Waals surface area (Å²) in [5.41, 5.74) is 3.12. The van der Waals surface area contributed by atoms with Gasteiger partial charge in [-0.25, -0.2) is 4.98 Å². The first-order valence-corrected chi connectivity index (χ1v) is 9.05. The van der Waals surface area contributed by atoms with Gasteiger partial charge in [-0.2, -0.15) is 0 Å². The second-order valence-electron chi connectivity index (χ2n) is 4.88. The van der Waals surface area contributed by atoms with E-state index in [9.17, 15) is 0 Å². The van der Waals surface area contributed by atoms with Gasteiger partial charge in [-0.3, -0.25) is 4.99 Å². The third kappa shape index (κ3) is 3.57. The van der Waals surface area contributed by atoms with Crippen LogP contribution in [-0.4, -0.2) is 24.8 Å². The highest BCUT2D eigenvalue weighted by atomic mass is 28.3. The number of hydrogen-bond donors (Lipinski definition) is 0. The maximum absolute atomic E-state index is 5.84. The lowest BCUT2D eigenvalue weighted by molar-refractivity contribution is 0.582. The molecule has 0 fully saturated rings. The lowest BCUT2D eigenvalue weighted by Crippen LogP contribution is -2.11. The van der Waals surface area contributed by atoms with Gasteiger partial charge in [-0.15, -0.1) is 0 Å². The van der Waals surface area contributed by atoms with Crippen molar-refractivity contribution in [3.8, 4) is 5.75 Å². The number of imidazole rings is 1. The van der Waals surface area contributed by atoms with Crippen LogP contribution in [0.25, 0.3) is 0 Å². The molecule has 1 radical (unpaired) electrons. The molecule has 2 rings (SSSR count). The Hall–Kier alpha value is -1.88. The van der Waals surface area contributed by atoms with Crippen LogP contribution in [0.3, 0.4) is 0 Å². The topological polar surface area (TPSA) is 39.4 Å². The fraction of sp³-hybridized carbons (Fsp3) is 0.333. The SMILES string of the molecule is Cc1c(CC=Nc2ccccc2O[Si](C)C)ncn1C. The average molecular weight is 286 g/mol. The summed E-state index contributed by atoms with van der Waals surface area (Å²) < 4.78 is 7.86. The fourth-order valence-corrected chi connectivity index (χ4v) is 2.45. The number of para-hydroxylation sites is 2. The third-order valence-corrected chi connectivity index (χ3v) is 3.66. The molecule has 0 atom stereocenters. The summed E-state index contributed by atoms with van der Waals surface area (Å²) in [7, 11) is 1.22. The van der Waals surface area contributed by atoms with Crippen molar-refractivity contribution >= 4 is 20.9 Å². The monoisotopic (exact) mass is 286 g/mol. The molecule has 0 amide bonds. The van der Waals surface area contributed by atoms with Gasteiger partial charge in [0.05, 0.1) is 12.0 Å². The zero-order chi connectivity index (χ0) is 14.5. The highest BCUT2D eigenvalue weighted by Crippen LogP contribution is 2.27. The number of aryl methyl sites for hydroxylation is 1. The average Bonchev–Trinajstić information content (AvgIpc) is 2.72. The van der Waals surface area contributed by atoms with Crippen LogP contribution in [-0.2, 0) is 13.5 Å². The molecule has 0 aliphatic heterocycles. The van der Waals surface area contributed by atoms with Crippen molar-refractivity contribution < 1.29 is 4.43 Å². The van der Waals surface area contributed by atoms with Crippen molar-refractivity contribution in [3.63, 3.8) is 0 Å². The van der Waals surface area contributed by atoms with E-state index in [1.165, 1.54) is 5.69 Å². The Morgan fingerprint density at radius 2 is 2.10 bits per heavy atom. The smallest absolute Gasteiger partial charge is 0.274 e. The molecule has 0 bridgehead atoms. The molecule has 0 aliphatic carbocycles. The zero-order valence-electron chi connectivity index (χ0n) is 12.4. The van der Waals surface area contributed by atoms with Crippen molar-refractivity contribution in [3.05, 3.63) is 42.0 Å². The molecule has 4 nitrogen and oxygen atoms in total. The minimum atomic E-state index is -0.778. The molecule has 20 heavy (non-hydrogen) atoms. The maximum atomic E-state index is 5.84. The molecule has 5 heteroatoms. The number of aromatic nitrogens is 2. The second kappa shape index (κ2) is 6.52. The Balaban J connectivity index is 2.10. The van der Waals surface area contributed by atoms with E-state index < -0.39 is 9.04 Å². The first-order chi connectivity index (χ1) is 9.58. The second-order valence-corrected chi connectivity index (χ2v) is 6.90. The Morgan fingerprint density at radius 1 is 1.35 bits per heavy atom. The summed E-state index contributed by atoms with van der Waals surface area (Å²) in [6.07, 6.45) is 4.46. The predicted octanol–water partition coefficient (Wildman–Crippen LogP) is 3.30. The molecule has 0 saturated heterocycles. The summed E-state index contributed by atoms with van der Waals surface area (Å²) in [6, 6.07) is 7.89. The predicted molar refractivity (Wildman–Crippen MR) is 84.4 cm³/mol. The van der Waals surface area contributed by atoms with Gasteiger partial charge in [0.15, 0.2) is 0 Å². The molecule has 0 aliphatic rings. The first kappa shape index (κ1) is 14.5. The van der Waals surface area contributed by atoms with E-state index >= 15 is 0 Å². The number of benzene rings is 1. The Morgan fingerprint density at radius 3 is 2.75 bits per heavy atom. The lowest BCUT2D eigenvalue weighted by Gasteiger charge is -2.10. The van der Waals surface area contributed by atoms with E-state index in [0.717, 1.165) is 23.6 Å². The van der Waals surface area contributed by atoms with Crippen LogP contribution >= 0.6 is 0 Å². The molecule has 0 unspecified atom stereocenters. The fourth-order valence-electron chi connectivity index (χ4n) is 1.84. The molecule has 0 N–H and O–H groups in total. The van der Waals surface area contributed by atoms with Gasteiger partial charge in [0.25, 0.3) is 9.04 Å². The van der Waals surface area contributed by atoms with Crippen LogP contribution in [0.5, 0.6) is 5.75 Å². The standard InChI is InChI=1S/C15H20N3OSi/c1-12-13(17-11-18(12)2)9-10-16-14-7-5-6-8-15(14)19-20(3)4/h5-8,10-11H,9H2,1-4H3. The van der Waals surface area contributed by atoms with Gasteiger partial charge in [-0.05, 0) is 32.2 Å². The minimum absolute atomic E-state index is 0.733. The van der Waals surface area contributed by atoms with Crippen molar-refractivity contribution in [2.24, 2.45) is 12.0 Å². The van der Waals surface area contributed by atoms with Crippen LogP contribution in [0.1, 0.15) is 11.4 Å². The number of hydrogen-bond acceptors (Lipinski definition) is 3. The zero-order valence-corrected chi connectivity index (χ0v) is 13.4. The van der Waals surface area contributed by atoms with E-state index in [-0.39, 0.29) is 0 Å². The van der Waals surface area contributed by atoms with Crippen molar-refractivity contribution in [2.75, 3.05) is 0 Å². The van der Waals surface area contributed by atoms with Crippen LogP contribution in [0.15, 0.2) is 35.6 Å². The van der Waals surface area contributed by atoms with Gasteiger partial charge in [0.1, 0.15) is 11.4 Å². The van der Waals surface area contributed by atoms with Gasteiger partial charge < -0.3 is 8.99 Å². The molecule has 1 heterocycles. The quantitative estimate of drug-likeness (QED) is 0.625. The molecule has 1 aromatic carbocycles. The third-order valence-electron chi connectivity index (χ3n) is 3.03. The molecular weight excluding hydrogens is 266 g/mol. The van der Waals surface area contributed by atoms with Crippen LogP contribution in [0.4, 0.5) is 5.69 Å². The summed E-state index contributed by atoms with van der Waals surface area (Å²) in [5.74, 6) is 0.861. The number of aliphatic imine (C=N–C) groups is 1. The van der Waals surface area contributed by atoms with Gasteiger partial charge >= 0.3 is 0 Å². The van der Waals surface area contributed by atoms with Crippen LogP contribution in [0, 0.1) is 6.92 Å². The minimum Gasteiger partial charge on any atom is -0.541 e. The van der Waals surface area contributed by atoms with Gasteiger partial charge in [0, 0.05) is 25.4 Å². The van der Waals surface area contributed by atoms with E-state index in [1.54, 1.807) is 0 Å². The Kier molecular flexibility index (Phi) is 4.73. The highest BCUT2D eigenvalue weighted by molar-refractivity contribution is 6.49. The van der Waals surface area contributed by atoms with E-state index in [2.05, 4.69) is 30.0 Å². The highest BCUT2D eigenvalue weighted by Gasteiger charge is 2.05. The Bertz CT molecular complexity index is 605. The summed E-state index contributed by atoms with van der Waals surface area (Å²) in [6.45, 7) is 6.29. The molecule has 105 valence electrons. The number of rotatable bonds is 5. The van der Waals surface area contributed by atoms with Gasteiger partial charge in [-0.1, -0.05) is 12.1 Å². The molecule has 0 saturated carbocycles. The molecular formula is C15H20N3OSi. The molecule has 0 spiro atoms. The van der Waals surface area contributed by atoms with Gasteiger partial charge in [0.2, 0.25) is 0 Å². The summed E-state index contributed by atoms with van der Waals surface area (Å²) in [4.78, 5) is 8.88. The largest absolute Gasteiger partial charge is 0.541 e. The lowest BCUT2D eigenvalue weighted by atomic mass is 10.2. The number of nitrogens with zero attached hydrogens (tertiary/aromatic N) is 3. The first-order valence-electron chi connectivity index (χ1n) is 6.64. The van der Waals surface area contributed by atoms with Crippen molar-refractivity contribution in [2.45, 2.75) is 26.4 Å².